The molecule has 3 aliphatic heterocycles. The number of piperidine rings is 1. The average molecular weight is 670 g/mol. The molecule has 2 aromatic heterocycles. The molecule has 49 heavy (non-hydrogen) atoms. The Bertz CT molecular complexity index is 1720. The van der Waals surface area contributed by atoms with Gasteiger partial charge in [-0.1, -0.05) is 13.3 Å². The van der Waals surface area contributed by atoms with E-state index < -0.39 is 23.8 Å². The highest BCUT2D eigenvalue weighted by Crippen LogP contribution is 2.35. The van der Waals surface area contributed by atoms with Crippen LogP contribution in [-0.2, 0) is 14.3 Å². The van der Waals surface area contributed by atoms with Crippen LogP contribution in [0.3, 0.4) is 0 Å². The zero-order chi connectivity index (χ0) is 34.5. The Kier molecular flexibility index (Phi) is 10.4. The van der Waals surface area contributed by atoms with Crippen LogP contribution in [0.2, 0.25) is 0 Å². The quantitative estimate of drug-likeness (QED) is 0.215. The summed E-state index contributed by atoms with van der Waals surface area (Å²) in [5, 5.41) is 5.26. The minimum absolute atomic E-state index is 0.267. The maximum absolute atomic E-state index is 13.4. The fraction of sp³-hybridized carbons (Fsp3) is 0.444. The van der Waals surface area contributed by atoms with E-state index in [9.17, 15) is 19.2 Å². The fourth-order valence-corrected chi connectivity index (χ4v) is 6.78. The third-order valence-corrected chi connectivity index (χ3v) is 9.59. The smallest absolute Gasteiger partial charge is 0.262 e. The molecule has 3 aromatic rings. The summed E-state index contributed by atoms with van der Waals surface area (Å²) in [6, 6.07) is 8.45. The van der Waals surface area contributed by atoms with Gasteiger partial charge in [-0.15, -0.1) is 0 Å². The van der Waals surface area contributed by atoms with Crippen LogP contribution in [0.1, 0.15) is 59.0 Å². The van der Waals surface area contributed by atoms with Crippen LogP contribution in [-0.4, -0.2) is 98.1 Å². The van der Waals surface area contributed by atoms with E-state index in [1.54, 1.807) is 12.1 Å². The molecule has 2 saturated heterocycles. The fourth-order valence-electron chi connectivity index (χ4n) is 6.78. The van der Waals surface area contributed by atoms with Crippen molar-refractivity contribution in [2.24, 2.45) is 5.92 Å². The van der Waals surface area contributed by atoms with Crippen molar-refractivity contribution < 1.29 is 28.7 Å². The first-order chi connectivity index (χ1) is 23.8. The molecule has 1 unspecified atom stereocenters. The van der Waals surface area contributed by atoms with E-state index >= 15 is 0 Å². The van der Waals surface area contributed by atoms with Gasteiger partial charge in [-0.3, -0.25) is 34.4 Å². The Morgan fingerprint density at radius 1 is 1.00 bits per heavy atom. The molecule has 258 valence electrons. The zero-order valence-corrected chi connectivity index (χ0v) is 28.2. The number of aromatic nitrogens is 2. The van der Waals surface area contributed by atoms with Gasteiger partial charge in [0.2, 0.25) is 18.2 Å². The number of hydrogen-bond acceptors (Lipinski definition) is 11. The SMILES string of the molecule is CCCC(C(=O)NC=O)N1C(=O)c2ccc(N3CCC(COc4ncc(-c5cc(NC)cnc5C)cc4N4CCOCC4)CC3)cc2C1=O. The summed E-state index contributed by atoms with van der Waals surface area (Å²) in [6.45, 7) is 8.70. The minimum atomic E-state index is -1.04. The minimum Gasteiger partial charge on any atom is -0.476 e. The first-order valence-electron chi connectivity index (χ1n) is 16.9. The molecule has 5 heterocycles. The normalized spacial score (nSPS) is 17.2. The van der Waals surface area contributed by atoms with Gasteiger partial charge in [0.1, 0.15) is 11.7 Å². The molecule has 0 bridgehead atoms. The van der Waals surface area contributed by atoms with Crippen molar-refractivity contribution in [3.05, 3.63) is 59.5 Å². The van der Waals surface area contributed by atoms with Gasteiger partial charge in [0, 0.05) is 61.9 Å². The second-order valence-electron chi connectivity index (χ2n) is 12.6. The Hall–Kier alpha value is -5.04. The Labute approximate surface area is 286 Å². The average Bonchev–Trinajstić information content (AvgIpc) is 3.38. The lowest BCUT2D eigenvalue weighted by Crippen LogP contribution is -2.49. The molecule has 1 atom stereocenters. The number of nitrogens with one attached hydrogen (secondary N) is 2. The number of rotatable bonds is 12. The van der Waals surface area contributed by atoms with Crippen molar-refractivity contribution in [1.82, 2.24) is 20.2 Å². The summed E-state index contributed by atoms with van der Waals surface area (Å²) >= 11 is 0. The van der Waals surface area contributed by atoms with E-state index in [4.69, 9.17) is 14.5 Å². The van der Waals surface area contributed by atoms with E-state index in [0.29, 0.717) is 38.0 Å². The summed E-state index contributed by atoms with van der Waals surface area (Å²) in [4.78, 5) is 64.9. The summed E-state index contributed by atoms with van der Waals surface area (Å²) in [6.07, 6.45) is 6.54. The van der Waals surface area contributed by atoms with Crippen molar-refractivity contribution >= 4 is 41.2 Å². The number of anilines is 3. The number of ether oxygens (including phenoxy) is 2. The number of carbonyl (C=O) groups excluding carboxylic acids is 4. The predicted octanol–water partition coefficient (Wildman–Crippen LogP) is 3.66. The molecule has 0 spiro atoms. The van der Waals surface area contributed by atoms with E-state index in [2.05, 4.69) is 37.6 Å². The lowest BCUT2D eigenvalue weighted by molar-refractivity contribution is -0.128. The van der Waals surface area contributed by atoms with E-state index in [1.165, 1.54) is 0 Å². The molecular weight excluding hydrogens is 626 g/mol. The van der Waals surface area contributed by atoms with Gasteiger partial charge in [-0.25, -0.2) is 4.98 Å². The monoisotopic (exact) mass is 669 g/mol. The van der Waals surface area contributed by atoms with Crippen LogP contribution < -0.4 is 25.2 Å². The number of aryl methyl sites for hydroxylation is 1. The number of hydrogen-bond donors (Lipinski definition) is 2. The van der Waals surface area contributed by atoms with E-state index in [0.717, 1.165) is 77.8 Å². The predicted molar refractivity (Wildman–Crippen MR) is 185 cm³/mol. The molecule has 0 aliphatic carbocycles. The van der Waals surface area contributed by atoms with Crippen LogP contribution in [0.15, 0.2) is 42.7 Å². The molecule has 13 nitrogen and oxygen atoms in total. The molecule has 0 radical (unpaired) electrons. The highest BCUT2D eigenvalue weighted by molar-refractivity contribution is 6.23. The van der Waals surface area contributed by atoms with Crippen molar-refractivity contribution in [2.45, 2.75) is 45.6 Å². The molecule has 3 aliphatic rings. The summed E-state index contributed by atoms with van der Waals surface area (Å²) < 4.78 is 12.0. The molecule has 4 amide bonds. The highest BCUT2D eigenvalue weighted by Gasteiger charge is 2.42. The lowest BCUT2D eigenvalue weighted by Gasteiger charge is -2.34. The van der Waals surface area contributed by atoms with Gasteiger partial charge in [0.25, 0.3) is 11.8 Å². The van der Waals surface area contributed by atoms with Gasteiger partial charge in [0.05, 0.1) is 42.8 Å². The van der Waals surface area contributed by atoms with Crippen LogP contribution in [0, 0.1) is 12.8 Å². The number of imide groups is 2. The molecule has 6 rings (SSSR count). The number of fused-ring (bicyclic) bond motifs is 1. The first-order valence-corrected chi connectivity index (χ1v) is 16.9. The number of benzene rings is 1. The highest BCUT2D eigenvalue weighted by atomic mass is 16.5. The second kappa shape index (κ2) is 15.0. The maximum Gasteiger partial charge on any atom is 0.262 e. The van der Waals surface area contributed by atoms with Crippen LogP contribution in [0.25, 0.3) is 11.1 Å². The third-order valence-electron chi connectivity index (χ3n) is 9.59. The van der Waals surface area contributed by atoms with Gasteiger partial charge >= 0.3 is 0 Å². The van der Waals surface area contributed by atoms with Gasteiger partial charge < -0.3 is 24.6 Å². The van der Waals surface area contributed by atoms with Crippen molar-refractivity contribution in [2.75, 3.05) is 68.2 Å². The molecule has 1 aromatic carbocycles. The number of carbonyl (C=O) groups is 4. The van der Waals surface area contributed by atoms with E-state index in [1.807, 2.05) is 39.4 Å². The number of morpholine rings is 1. The zero-order valence-electron chi connectivity index (χ0n) is 28.2. The van der Waals surface area contributed by atoms with Crippen LogP contribution in [0.5, 0.6) is 5.88 Å². The molecule has 0 saturated carbocycles. The van der Waals surface area contributed by atoms with Crippen molar-refractivity contribution in [3.8, 4) is 17.0 Å². The Morgan fingerprint density at radius 3 is 2.47 bits per heavy atom. The molecule has 2 fully saturated rings. The third kappa shape index (κ3) is 7.07. The van der Waals surface area contributed by atoms with Gasteiger partial charge in [-0.05, 0) is 62.4 Å². The second-order valence-corrected chi connectivity index (χ2v) is 12.6. The van der Waals surface area contributed by atoms with Crippen molar-refractivity contribution in [1.29, 1.82) is 0 Å². The molecule has 13 heteroatoms. The summed E-state index contributed by atoms with van der Waals surface area (Å²) in [7, 11) is 1.88. The summed E-state index contributed by atoms with van der Waals surface area (Å²) in [5.74, 6) is -0.768. The Balaban J connectivity index is 1.12. The van der Waals surface area contributed by atoms with Gasteiger partial charge in [-0.2, -0.15) is 0 Å². The summed E-state index contributed by atoms with van der Waals surface area (Å²) in [5.41, 5.74) is 6.20. The van der Waals surface area contributed by atoms with Crippen molar-refractivity contribution in [3.63, 3.8) is 0 Å². The van der Waals surface area contributed by atoms with E-state index in [-0.39, 0.29) is 24.0 Å². The molecular formula is C36H43N7O6. The Morgan fingerprint density at radius 2 is 1.76 bits per heavy atom. The maximum atomic E-state index is 13.4. The molecule has 2 N–H and O–H groups in total. The van der Waals surface area contributed by atoms with Crippen LogP contribution in [0.4, 0.5) is 17.1 Å². The topological polar surface area (TPSA) is 146 Å². The standard InChI is InChI=1S/C36H43N7O6/c1-4-5-31(33(45)40-22-44)43-35(46)28-7-6-27(18-30(28)36(43)47)41-10-8-24(9-11-41)21-49-34-32(42-12-14-48-15-13-42)16-25(19-39-34)29-17-26(37-3)20-38-23(29)2/h6-7,16-20,22,24,31,37H,4-5,8-15,21H2,1-3H3,(H,40,44,45). The number of pyridine rings is 2. The lowest BCUT2D eigenvalue weighted by atomic mass is 9.97. The number of nitrogens with zero attached hydrogens (tertiary/aromatic N) is 5. The van der Waals surface area contributed by atoms with Crippen LogP contribution >= 0.6 is 0 Å². The number of amides is 4. The van der Waals surface area contributed by atoms with Gasteiger partial charge in [0.15, 0.2) is 0 Å². The largest absolute Gasteiger partial charge is 0.476 e. The first kappa shape index (κ1) is 33.8.